The summed E-state index contributed by atoms with van der Waals surface area (Å²) in [5.74, 6) is 0. The molecule has 0 aromatic heterocycles. The molecule has 2 rings (SSSR count). The Kier molecular flexibility index (Phi) is 4.30. The van der Waals surface area contributed by atoms with E-state index in [1.807, 2.05) is 0 Å². The summed E-state index contributed by atoms with van der Waals surface area (Å²) in [5, 5.41) is 0. The molecule has 80 valence electrons. The van der Waals surface area contributed by atoms with Crippen molar-refractivity contribution in [3.8, 4) is 0 Å². The third kappa shape index (κ3) is 2.23. The van der Waals surface area contributed by atoms with E-state index in [0.717, 1.165) is 0 Å². The van der Waals surface area contributed by atoms with Crippen molar-refractivity contribution in [2.24, 2.45) is 10.8 Å². The molecule has 16 heavy (non-hydrogen) atoms. The minimum absolute atomic E-state index is 0. The van der Waals surface area contributed by atoms with Crippen LogP contribution in [0, 0.1) is 17.9 Å². The van der Waals surface area contributed by atoms with E-state index >= 15 is 0 Å². The van der Waals surface area contributed by atoms with Crippen LogP contribution >= 0.6 is 0 Å². The van der Waals surface area contributed by atoms with Crippen molar-refractivity contribution >= 4 is 0 Å². The Hall–Kier alpha value is -0.210. The average molecular weight is 380 g/mol. The normalized spacial score (nSPS) is 23.0. The van der Waals surface area contributed by atoms with E-state index in [1.165, 1.54) is 0 Å². The molecular weight excluding hydrogens is 363 g/mol. The van der Waals surface area contributed by atoms with Gasteiger partial charge in [-0.3, -0.25) is 0 Å². The van der Waals surface area contributed by atoms with Gasteiger partial charge < -0.3 is 4.74 Å². The predicted molar refractivity (Wildman–Crippen MR) is 63.0 cm³/mol. The molecule has 1 nitrogen and oxygen atoms in total. The van der Waals surface area contributed by atoms with Gasteiger partial charge in [-0.1, -0.05) is 62.5 Å². The maximum Gasteiger partial charge on any atom is 4.00 e. The molecule has 0 N–H and O–H groups in total. The fourth-order valence-electron chi connectivity index (χ4n) is 2.54. The largest absolute Gasteiger partial charge is 4.00 e. The van der Waals surface area contributed by atoms with Crippen molar-refractivity contribution in [2.75, 3.05) is 0 Å². The van der Waals surface area contributed by atoms with Gasteiger partial charge in [0.1, 0.15) is 0 Å². The summed E-state index contributed by atoms with van der Waals surface area (Å²) < 4.78 is 5.47. The molecule has 2 heteroatoms. The number of allylic oxidation sites excluding steroid dienone is 4. The quantitative estimate of drug-likeness (QED) is 0.539. The summed E-state index contributed by atoms with van der Waals surface area (Å²) >= 11 is 0. The van der Waals surface area contributed by atoms with Gasteiger partial charge in [0.15, 0.2) is 0 Å². The molecule has 0 spiro atoms. The second-order valence-electron chi connectivity index (χ2n) is 4.72. The monoisotopic (exact) mass is 381 g/mol. The summed E-state index contributed by atoms with van der Waals surface area (Å²) in [6.45, 7) is 4.35. The van der Waals surface area contributed by atoms with Gasteiger partial charge in [0.25, 0.3) is 0 Å². The van der Waals surface area contributed by atoms with Crippen molar-refractivity contribution in [3.05, 3.63) is 55.7 Å². The molecule has 0 fully saturated rings. The van der Waals surface area contributed by atoms with Crippen molar-refractivity contribution < 1.29 is 30.6 Å². The molecule has 0 unspecified atom stereocenters. The number of hydrogen-bond donors (Lipinski definition) is 0. The molecule has 0 atom stereocenters. The summed E-state index contributed by atoms with van der Waals surface area (Å²) in [6, 6.07) is 0. The van der Waals surface area contributed by atoms with Crippen LogP contribution in [0.3, 0.4) is 0 Å². The average Bonchev–Trinajstić information content (AvgIpc) is 2.77. The summed E-state index contributed by atoms with van der Waals surface area (Å²) in [6.07, 6.45) is 17.0. The Labute approximate surface area is 117 Å². The van der Waals surface area contributed by atoms with Crippen molar-refractivity contribution in [3.63, 3.8) is 0 Å². The number of rotatable bonds is 3. The van der Waals surface area contributed by atoms with Crippen LogP contribution in [-0.4, -0.2) is 6.10 Å². The van der Waals surface area contributed by atoms with Gasteiger partial charge in [-0.15, -0.1) is 0 Å². The van der Waals surface area contributed by atoms with E-state index in [0.29, 0.717) is 0 Å². The number of ether oxygens (including phenoxy) is 1. The minimum atomic E-state index is -0.0600. The third-order valence-electron chi connectivity index (χ3n) is 3.34. The van der Waals surface area contributed by atoms with Crippen LogP contribution in [-0.2, 0) is 30.6 Å². The first kappa shape index (κ1) is 13.9. The van der Waals surface area contributed by atoms with Crippen LogP contribution < -0.4 is 0 Å². The first-order valence-electron chi connectivity index (χ1n) is 5.26. The fraction of sp³-hybridized carbons (Fsp3) is 0.357. The molecule has 0 bridgehead atoms. The van der Waals surface area contributed by atoms with E-state index < -0.39 is 0 Å². The Morgan fingerprint density at radius 2 is 1.19 bits per heavy atom. The topological polar surface area (TPSA) is 9.23 Å². The molecule has 0 saturated carbocycles. The van der Waals surface area contributed by atoms with Crippen LogP contribution in [0.2, 0.25) is 0 Å². The maximum absolute atomic E-state index is 5.47. The van der Waals surface area contributed by atoms with E-state index in [4.69, 9.17) is 4.74 Å². The zero-order valence-electron chi connectivity index (χ0n) is 9.81. The molecule has 0 aliphatic heterocycles. The predicted octanol–water partition coefficient (Wildman–Crippen LogP) is 3.43. The fourth-order valence-corrected chi connectivity index (χ4v) is 2.54. The Morgan fingerprint density at radius 1 is 0.875 bits per heavy atom. The van der Waals surface area contributed by atoms with Crippen LogP contribution in [0.4, 0.5) is 0 Å². The smallest absolute Gasteiger partial charge is 0.551 e. The summed E-state index contributed by atoms with van der Waals surface area (Å²) in [4.78, 5) is 0. The number of hydrogen-bond acceptors (Lipinski definition) is 1. The molecule has 0 heterocycles. The van der Waals surface area contributed by atoms with Crippen LogP contribution in [0.1, 0.15) is 13.8 Å². The van der Waals surface area contributed by atoms with Crippen molar-refractivity contribution in [1.29, 1.82) is 0 Å². The van der Waals surface area contributed by atoms with Gasteiger partial charge in [-0.05, 0) is 0 Å². The third-order valence-corrected chi connectivity index (χ3v) is 3.34. The molecule has 0 saturated heterocycles. The molecule has 0 aromatic rings. The minimum Gasteiger partial charge on any atom is -0.551 e. The summed E-state index contributed by atoms with van der Waals surface area (Å²) in [7, 11) is 3.63. The molecule has 0 aromatic carbocycles. The Balaban J connectivity index is 0.00000128. The molecular formula is C14H17HfO+3. The van der Waals surface area contributed by atoms with Gasteiger partial charge in [0.2, 0.25) is 0 Å². The second-order valence-corrected chi connectivity index (χ2v) is 4.72. The van der Waals surface area contributed by atoms with Gasteiger partial charge >= 0.3 is 25.8 Å². The van der Waals surface area contributed by atoms with Crippen LogP contribution in [0.5, 0.6) is 0 Å². The summed E-state index contributed by atoms with van der Waals surface area (Å²) in [5.41, 5.74) is -0.120. The van der Waals surface area contributed by atoms with Gasteiger partial charge in [-0.2, -0.15) is 0 Å². The molecule has 0 radical (unpaired) electrons. The maximum atomic E-state index is 5.47. The van der Waals surface area contributed by atoms with Gasteiger partial charge in [0.05, 0.1) is 0 Å². The molecule has 2 aliphatic carbocycles. The Morgan fingerprint density at radius 3 is 1.44 bits per heavy atom. The zero-order valence-corrected chi connectivity index (χ0v) is 13.4. The standard InChI is InChI=1S/C14H17O.Hf/c1-13(8-4-5-9-13)12(15-3)14(2)10-6-7-11-14;/h4-12H,3H2,1-2H3;/q-1;+4. The van der Waals surface area contributed by atoms with Crippen molar-refractivity contribution in [2.45, 2.75) is 20.0 Å². The first-order valence-corrected chi connectivity index (χ1v) is 5.26. The molecule has 2 aliphatic rings. The van der Waals surface area contributed by atoms with E-state index in [9.17, 15) is 0 Å². The Bertz CT molecular complexity index is 305. The van der Waals surface area contributed by atoms with Gasteiger partial charge in [-0.25, -0.2) is 7.11 Å². The van der Waals surface area contributed by atoms with Crippen LogP contribution in [0.15, 0.2) is 48.6 Å². The van der Waals surface area contributed by atoms with E-state index in [2.05, 4.69) is 69.6 Å². The van der Waals surface area contributed by atoms with E-state index in [1.54, 1.807) is 0 Å². The second kappa shape index (κ2) is 4.97. The van der Waals surface area contributed by atoms with Gasteiger partial charge in [0, 0.05) is 16.9 Å². The van der Waals surface area contributed by atoms with Crippen LogP contribution in [0.25, 0.3) is 0 Å². The zero-order chi connectivity index (χ0) is 10.9. The molecule has 0 amide bonds. The first-order chi connectivity index (χ1) is 7.11. The van der Waals surface area contributed by atoms with E-state index in [-0.39, 0.29) is 42.8 Å². The SMILES string of the molecule is [CH2-]OC(C1(C)C=CC=C1)C1(C)C=CC=C1.[Hf+4]. The van der Waals surface area contributed by atoms with Crippen molar-refractivity contribution in [1.82, 2.24) is 0 Å².